The Labute approximate surface area is 156 Å². The number of nitrogens with zero attached hydrogens (tertiary/aromatic N) is 1. The minimum absolute atomic E-state index is 0.0131. The van der Waals surface area contributed by atoms with Crippen LogP contribution in [-0.4, -0.2) is 29.8 Å². The summed E-state index contributed by atoms with van der Waals surface area (Å²) in [4.78, 5) is 26.9. The van der Waals surface area contributed by atoms with E-state index in [1.165, 1.54) is 0 Å². The van der Waals surface area contributed by atoms with Gasteiger partial charge in [-0.1, -0.05) is 43.7 Å². The lowest BCUT2D eigenvalue weighted by Gasteiger charge is -2.19. The van der Waals surface area contributed by atoms with Crippen molar-refractivity contribution in [2.24, 2.45) is 0 Å². The second-order valence-electron chi connectivity index (χ2n) is 6.30. The van der Waals surface area contributed by atoms with Crippen molar-refractivity contribution in [2.45, 2.75) is 39.5 Å². The van der Waals surface area contributed by atoms with Gasteiger partial charge in [0.15, 0.2) is 0 Å². The van der Waals surface area contributed by atoms with Crippen LogP contribution in [0.5, 0.6) is 0 Å². The molecule has 0 aliphatic rings. The van der Waals surface area contributed by atoms with E-state index in [0.29, 0.717) is 24.3 Å². The zero-order chi connectivity index (χ0) is 18.9. The third-order valence-electron chi connectivity index (χ3n) is 4.55. The van der Waals surface area contributed by atoms with Crippen LogP contribution in [0.25, 0.3) is 0 Å². The summed E-state index contributed by atoms with van der Waals surface area (Å²) in [6.07, 6.45) is 1.73. The summed E-state index contributed by atoms with van der Waals surface area (Å²) in [6, 6.07) is 17.0. The molecule has 0 aromatic heterocycles. The molecule has 0 bridgehead atoms. The van der Waals surface area contributed by atoms with Crippen LogP contribution in [-0.2, 0) is 4.79 Å². The van der Waals surface area contributed by atoms with E-state index in [1.54, 1.807) is 29.2 Å². The largest absolute Gasteiger partial charge is 0.339 e. The van der Waals surface area contributed by atoms with E-state index in [0.717, 1.165) is 18.4 Å². The first-order valence-corrected chi connectivity index (χ1v) is 9.35. The summed E-state index contributed by atoms with van der Waals surface area (Å²) < 4.78 is 0. The number of hydrogen-bond acceptors (Lipinski definition) is 2. The van der Waals surface area contributed by atoms with Gasteiger partial charge in [0.25, 0.3) is 5.91 Å². The average Bonchev–Trinajstić information content (AvgIpc) is 2.68. The van der Waals surface area contributed by atoms with E-state index in [2.05, 4.69) is 12.2 Å². The van der Waals surface area contributed by atoms with Gasteiger partial charge < -0.3 is 10.2 Å². The first kappa shape index (κ1) is 19.7. The van der Waals surface area contributed by atoms with Crippen molar-refractivity contribution in [3.63, 3.8) is 0 Å². The van der Waals surface area contributed by atoms with E-state index in [9.17, 15) is 9.59 Å². The number of anilines is 1. The maximum atomic E-state index is 12.7. The molecule has 0 spiro atoms. The number of hydrogen-bond donors (Lipinski definition) is 1. The second-order valence-corrected chi connectivity index (χ2v) is 6.30. The van der Waals surface area contributed by atoms with Crippen molar-refractivity contribution in [1.82, 2.24) is 4.90 Å². The maximum Gasteiger partial charge on any atom is 0.253 e. The summed E-state index contributed by atoms with van der Waals surface area (Å²) in [7, 11) is 0. The third kappa shape index (κ3) is 4.94. The Kier molecular flexibility index (Phi) is 7.39. The highest BCUT2D eigenvalue weighted by Crippen LogP contribution is 2.23. The standard InChI is InChI=1S/C22H28N2O2/c1-4-10-20(17-11-8-7-9-12-17)21(25)23-19-15-13-18(14-16-19)22(26)24(5-2)6-3/h7-9,11-16,20H,4-6,10H2,1-3H3,(H,23,25)/t20-/m0/s1. The molecule has 4 nitrogen and oxygen atoms in total. The van der Waals surface area contributed by atoms with Gasteiger partial charge in [-0.15, -0.1) is 0 Å². The topological polar surface area (TPSA) is 49.4 Å². The fourth-order valence-corrected chi connectivity index (χ4v) is 3.04. The van der Waals surface area contributed by atoms with Gasteiger partial charge in [0, 0.05) is 24.3 Å². The van der Waals surface area contributed by atoms with Crippen LogP contribution < -0.4 is 5.32 Å². The van der Waals surface area contributed by atoms with Crippen LogP contribution in [0.15, 0.2) is 54.6 Å². The Balaban J connectivity index is 2.09. The summed E-state index contributed by atoms with van der Waals surface area (Å²) in [5.74, 6) is -0.167. The molecular weight excluding hydrogens is 324 g/mol. The molecule has 2 amide bonds. The molecule has 0 aliphatic carbocycles. The Morgan fingerprint density at radius 2 is 1.54 bits per heavy atom. The molecule has 2 rings (SSSR count). The highest BCUT2D eigenvalue weighted by Gasteiger charge is 2.20. The highest BCUT2D eigenvalue weighted by atomic mass is 16.2. The van der Waals surface area contributed by atoms with Crippen molar-refractivity contribution in [3.8, 4) is 0 Å². The summed E-state index contributed by atoms with van der Waals surface area (Å²) >= 11 is 0. The molecule has 1 N–H and O–H groups in total. The number of benzene rings is 2. The molecule has 4 heteroatoms. The molecule has 0 fully saturated rings. The number of carbonyl (C=O) groups is 2. The zero-order valence-electron chi connectivity index (χ0n) is 15.9. The second kappa shape index (κ2) is 9.76. The van der Waals surface area contributed by atoms with E-state index >= 15 is 0 Å². The number of rotatable bonds is 8. The van der Waals surface area contributed by atoms with Crippen LogP contribution in [0, 0.1) is 0 Å². The smallest absolute Gasteiger partial charge is 0.253 e. The van der Waals surface area contributed by atoms with Crippen LogP contribution in [0.4, 0.5) is 5.69 Å². The number of nitrogens with one attached hydrogen (secondary N) is 1. The molecule has 0 radical (unpaired) electrons. The lowest BCUT2D eigenvalue weighted by molar-refractivity contribution is -0.117. The van der Waals surface area contributed by atoms with Crippen LogP contribution in [0.3, 0.4) is 0 Å². The molecule has 2 aromatic rings. The maximum absolute atomic E-state index is 12.7. The van der Waals surface area contributed by atoms with Crippen LogP contribution in [0.2, 0.25) is 0 Å². The van der Waals surface area contributed by atoms with Gasteiger partial charge >= 0.3 is 0 Å². The van der Waals surface area contributed by atoms with Gasteiger partial charge in [0.05, 0.1) is 5.92 Å². The quantitative estimate of drug-likeness (QED) is 0.749. The SMILES string of the molecule is CCC[C@H](C(=O)Nc1ccc(C(=O)N(CC)CC)cc1)c1ccccc1. The van der Waals surface area contributed by atoms with Crippen molar-refractivity contribution < 1.29 is 9.59 Å². The monoisotopic (exact) mass is 352 g/mol. The van der Waals surface area contributed by atoms with Gasteiger partial charge in [-0.3, -0.25) is 9.59 Å². The molecule has 0 aliphatic heterocycles. The van der Waals surface area contributed by atoms with E-state index in [4.69, 9.17) is 0 Å². The van der Waals surface area contributed by atoms with Gasteiger partial charge in [0.2, 0.25) is 5.91 Å². The van der Waals surface area contributed by atoms with Crippen molar-refractivity contribution in [3.05, 3.63) is 65.7 Å². The van der Waals surface area contributed by atoms with Crippen molar-refractivity contribution in [1.29, 1.82) is 0 Å². The average molecular weight is 352 g/mol. The fraction of sp³-hybridized carbons (Fsp3) is 0.364. The molecule has 0 saturated heterocycles. The Morgan fingerprint density at radius 3 is 2.08 bits per heavy atom. The van der Waals surface area contributed by atoms with Crippen molar-refractivity contribution in [2.75, 3.05) is 18.4 Å². The zero-order valence-corrected chi connectivity index (χ0v) is 15.9. The van der Waals surface area contributed by atoms with E-state index < -0.39 is 0 Å². The molecule has 138 valence electrons. The fourth-order valence-electron chi connectivity index (χ4n) is 3.04. The molecule has 0 heterocycles. The highest BCUT2D eigenvalue weighted by molar-refractivity contribution is 5.97. The lowest BCUT2D eigenvalue weighted by atomic mass is 9.93. The first-order valence-electron chi connectivity index (χ1n) is 9.35. The van der Waals surface area contributed by atoms with Gasteiger partial charge in [-0.2, -0.15) is 0 Å². The molecule has 1 atom stereocenters. The molecule has 0 unspecified atom stereocenters. The van der Waals surface area contributed by atoms with Gasteiger partial charge in [-0.05, 0) is 50.1 Å². The first-order chi connectivity index (χ1) is 12.6. The predicted molar refractivity (Wildman–Crippen MR) is 106 cm³/mol. The molecule has 2 aromatic carbocycles. The Bertz CT molecular complexity index is 707. The third-order valence-corrected chi connectivity index (χ3v) is 4.55. The summed E-state index contributed by atoms with van der Waals surface area (Å²) in [5, 5.41) is 2.98. The van der Waals surface area contributed by atoms with Crippen LogP contribution in [0.1, 0.15) is 55.5 Å². The minimum atomic E-state index is -0.168. The Morgan fingerprint density at radius 1 is 0.923 bits per heavy atom. The normalized spacial score (nSPS) is 11.7. The van der Waals surface area contributed by atoms with Gasteiger partial charge in [0.1, 0.15) is 0 Å². The van der Waals surface area contributed by atoms with Crippen molar-refractivity contribution >= 4 is 17.5 Å². The minimum Gasteiger partial charge on any atom is -0.339 e. The molecule has 26 heavy (non-hydrogen) atoms. The lowest BCUT2D eigenvalue weighted by Crippen LogP contribution is -2.30. The summed E-state index contributed by atoms with van der Waals surface area (Å²) in [5.41, 5.74) is 2.38. The van der Waals surface area contributed by atoms with Crippen LogP contribution >= 0.6 is 0 Å². The summed E-state index contributed by atoms with van der Waals surface area (Å²) in [6.45, 7) is 7.38. The predicted octanol–water partition coefficient (Wildman–Crippen LogP) is 4.69. The van der Waals surface area contributed by atoms with E-state index in [-0.39, 0.29) is 17.7 Å². The molecule has 0 saturated carbocycles. The number of amides is 2. The molecular formula is C22H28N2O2. The van der Waals surface area contributed by atoms with Gasteiger partial charge in [-0.25, -0.2) is 0 Å². The Hall–Kier alpha value is -2.62. The number of carbonyl (C=O) groups excluding carboxylic acids is 2. The van der Waals surface area contributed by atoms with E-state index in [1.807, 2.05) is 44.2 Å².